The van der Waals surface area contributed by atoms with Crippen molar-refractivity contribution in [1.29, 1.82) is 0 Å². The van der Waals surface area contributed by atoms with Gasteiger partial charge in [-0.1, -0.05) is 37.8 Å². The van der Waals surface area contributed by atoms with Gasteiger partial charge in [0, 0.05) is 0 Å². The molecule has 1 aromatic carbocycles. The maximum atomic E-state index is 13.3. The number of allylic oxidation sites excluding steroid dienone is 1. The molecule has 0 heterocycles. The highest BCUT2D eigenvalue weighted by Gasteiger charge is 2.30. The molecular weight excluding hydrogens is 326 g/mol. The molecule has 2 fully saturated rings. The van der Waals surface area contributed by atoms with Gasteiger partial charge in [-0.2, -0.15) is 0 Å². The Morgan fingerprint density at radius 3 is 1.92 bits per heavy atom. The first kappa shape index (κ1) is 19.6. The van der Waals surface area contributed by atoms with E-state index in [2.05, 4.69) is 12.7 Å². The van der Waals surface area contributed by atoms with Gasteiger partial charge in [0.1, 0.15) is 0 Å². The van der Waals surface area contributed by atoms with Crippen LogP contribution in [0.4, 0.5) is 8.78 Å². The molecular formula is C24H34F2. The molecule has 2 aliphatic rings. The van der Waals surface area contributed by atoms with E-state index in [-0.39, 0.29) is 0 Å². The van der Waals surface area contributed by atoms with E-state index in [9.17, 15) is 8.78 Å². The summed E-state index contributed by atoms with van der Waals surface area (Å²) < 4.78 is 26.3. The Labute approximate surface area is 158 Å². The van der Waals surface area contributed by atoms with Crippen molar-refractivity contribution in [2.75, 3.05) is 0 Å². The van der Waals surface area contributed by atoms with Crippen LogP contribution in [0.5, 0.6) is 0 Å². The standard InChI is InChI=1S/C24H34F2/c1-2-3-4-18-7-12-21(13-8-18)22-14-9-19(10-15-22)5-6-20-11-16-23(25)24(26)17-20/h2,11,16-19,21-22H,1,3-10,12-15H2/t18-,19?,21-,22?. The SMILES string of the molecule is C=CCC[C@H]1CC[C@H](C2CCC(CCc3ccc(F)c(F)c3)CC2)CC1. The van der Waals surface area contributed by atoms with Gasteiger partial charge in [0.2, 0.25) is 0 Å². The van der Waals surface area contributed by atoms with Crippen LogP contribution in [0, 0.1) is 35.3 Å². The summed E-state index contributed by atoms with van der Waals surface area (Å²) in [6.07, 6.45) is 17.7. The lowest BCUT2D eigenvalue weighted by Gasteiger charge is -2.38. The second-order valence-corrected chi connectivity index (χ2v) is 8.71. The number of halogens is 2. The van der Waals surface area contributed by atoms with Gasteiger partial charge in [-0.05, 0) is 92.7 Å². The molecule has 0 amide bonds. The van der Waals surface area contributed by atoms with E-state index >= 15 is 0 Å². The largest absolute Gasteiger partial charge is 0.204 e. The van der Waals surface area contributed by atoms with Gasteiger partial charge >= 0.3 is 0 Å². The average molecular weight is 361 g/mol. The van der Waals surface area contributed by atoms with Crippen LogP contribution in [0.15, 0.2) is 30.9 Å². The molecule has 0 saturated heterocycles. The molecule has 2 saturated carbocycles. The highest BCUT2D eigenvalue weighted by molar-refractivity contribution is 5.17. The maximum absolute atomic E-state index is 13.3. The van der Waals surface area contributed by atoms with Gasteiger partial charge in [-0.25, -0.2) is 8.78 Å². The average Bonchev–Trinajstić information content (AvgIpc) is 2.68. The van der Waals surface area contributed by atoms with E-state index in [0.29, 0.717) is 0 Å². The first-order valence-corrected chi connectivity index (χ1v) is 10.7. The smallest absolute Gasteiger partial charge is 0.159 e. The molecule has 0 radical (unpaired) electrons. The minimum Gasteiger partial charge on any atom is -0.204 e. The Hall–Kier alpha value is -1.18. The molecule has 2 aliphatic carbocycles. The predicted molar refractivity (Wildman–Crippen MR) is 105 cm³/mol. The molecule has 3 rings (SSSR count). The van der Waals surface area contributed by atoms with Crippen LogP contribution in [0.1, 0.15) is 76.2 Å². The molecule has 144 valence electrons. The zero-order valence-corrected chi connectivity index (χ0v) is 16.1. The Morgan fingerprint density at radius 2 is 1.38 bits per heavy atom. The molecule has 2 heteroatoms. The third-order valence-corrected chi connectivity index (χ3v) is 7.05. The van der Waals surface area contributed by atoms with Crippen molar-refractivity contribution in [2.45, 2.75) is 77.0 Å². The Balaban J connectivity index is 1.36. The van der Waals surface area contributed by atoms with Crippen molar-refractivity contribution in [1.82, 2.24) is 0 Å². The van der Waals surface area contributed by atoms with Crippen LogP contribution in [0.25, 0.3) is 0 Å². The van der Waals surface area contributed by atoms with Crippen molar-refractivity contribution < 1.29 is 8.78 Å². The summed E-state index contributed by atoms with van der Waals surface area (Å²) >= 11 is 0. The molecule has 1 aromatic rings. The molecule has 0 bridgehead atoms. The lowest BCUT2D eigenvalue weighted by atomic mass is 9.68. The molecule has 26 heavy (non-hydrogen) atoms. The van der Waals surface area contributed by atoms with Crippen molar-refractivity contribution in [3.8, 4) is 0 Å². The van der Waals surface area contributed by atoms with Crippen LogP contribution < -0.4 is 0 Å². The summed E-state index contributed by atoms with van der Waals surface area (Å²) in [6, 6.07) is 4.35. The van der Waals surface area contributed by atoms with Crippen molar-refractivity contribution in [3.63, 3.8) is 0 Å². The quantitative estimate of drug-likeness (QED) is 0.442. The van der Waals surface area contributed by atoms with E-state index in [1.807, 2.05) is 0 Å². The number of hydrogen-bond acceptors (Lipinski definition) is 0. The van der Waals surface area contributed by atoms with E-state index in [0.717, 1.165) is 42.1 Å². The second-order valence-electron chi connectivity index (χ2n) is 8.71. The molecule has 0 spiro atoms. The zero-order valence-electron chi connectivity index (χ0n) is 16.1. The van der Waals surface area contributed by atoms with Crippen molar-refractivity contribution in [2.24, 2.45) is 23.7 Å². The molecule has 0 nitrogen and oxygen atoms in total. The van der Waals surface area contributed by atoms with E-state index in [1.54, 1.807) is 6.07 Å². The lowest BCUT2D eigenvalue weighted by molar-refractivity contribution is 0.141. The number of benzene rings is 1. The lowest BCUT2D eigenvalue weighted by Crippen LogP contribution is -2.26. The zero-order chi connectivity index (χ0) is 18.4. The van der Waals surface area contributed by atoms with Gasteiger partial charge in [0.05, 0.1) is 0 Å². The summed E-state index contributed by atoms with van der Waals surface area (Å²) in [4.78, 5) is 0. The maximum Gasteiger partial charge on any atom is 0.159 e. The fraction of sp³-hybridized carbons (Fsp3) is 0.667. The predicted octanol–water partition coefficient (Wildman–Crippen LogP) is 7.48. The third kappa shape index (κ3) is 5.41. The Bertz CT molecular complexity index is 564. The second kappa shape index (κ2) is 9.67. The first-order valence-electron chi connectivity index (χ1n) is 10.7. The molecule has 0 unspecified atom stereocenters. The van der Waals surface area contributed by atoms with Crippen LogP contribution in [0.2, 0.25) is 0 Å². The van der Waals surface area contributed by atoms with Gasteiger partial charge in [0.25, 0.3) is 0 Å². The fourth-order valence-corrected chi connectivity index (χ4v) is 5.32. The first-order chi connectivity index (χ1) is 12.7. The van der Waals surface area contributed by atoms with Gasteiger partial charge < -0.3 is 0 Å². The summed E-state index contributed by atoms with van der Waals surface area (Å²) in [6.45, 7) is 3.85. The fourth-order valence-electron chi connectivity index (χ4n) is 5.32. The monoisotopic (exact) mass is 360 g/mol. The number of aryl methyl sites for hydroxylation is 1. The minimum absolute atomic E-state index is 0.713. The highest BCUT2D eigenvalue weighted by Crippen LogP contribution is 2.43. The van der Waals surface area contributed by atoms with Gasteiger partial charge in [-0.3, -0.25) is 0 Å². The molecule has 0 aliphatic heterocycles. The molecule has 0 atom stereocenters. The topological polar surface area (TPSA) is 0 Å². The van der Waals surface area contributed by atoms with Crippen LogP contribution >= 0.6 is 0 Å². The van der Waals surface area contributed by atoms with Crippen LogP contribution in [0.3, 0.4) is 0 Å². The van der Waals surface area contributed by atoms with Crippen LogP contribution in [-0.4, -0.2) is 0 Å². The van der Waals surface area contributed by atoms with Crippen molar-refractivity contribution >= 4 is 0 Å². The van der Waals surface area contributed by atoms with Crippen molar-refractivity contribution in [3.05, 3.63) is 48.1 Å². The van der Waals surface area contributed by atoms with Gasteiger partial charge in [0.15, 0.2) is 11.6 Å². The highest BCUT2D eigenvalue weighted by atomic mass is 19.2. The van der Waals surface area contributed by atoms with Crippen LogP contribution in [-0.2, 0) is 6.42 Å². The Morgan fingerprint density at radius 1 is 0.808 bits per heavy atom. The van der Waals surface area contributed by atoms with E-state index in [4.69, 9.17) is 0 Å². The number of hydrogen-bond donors (Lipinski definition) is 0. The summed E-state index contributed by atoms with van der Waals surface area (Å²) in [7, 11) is 0. The minimum atomic E-state index is -0.742. The Kier molecular flexibility index (Phi) is 7.28. The molecule has 0 aromatic heterocycles. The normalized spacial score (nSPS) is 29.5. The summed E-state index contributed by atoms with van der Waals surface area (Å²) in [5, 5.41) is 0. The third-order valence-electron chi connectivity index (χ3n) is 7.05. The molecule has 0 N–H and O–H groups in total. The summed E-state index contributed by atoms with van der Waals surface area (Å²) in [5.74, 6) is 2.15. The summed E-state index contributed by atoms with van der Waals surface area (Å²) in [5.41, 5.74) is 0.934. The number of rotatable bonds is 7. The van der Waals surface area contributed by atoms with E-state index in [1.165, 1.54) is 76.3 Å². The van der Waals surface area contributed by atoms with Gasteiger partial charge in [-0.15, -0.1) is 6.58 Å². The van der Waals surface area contributed by atoms with E-state index < -0.39 is 11.6 Å².